The molecule has 0 heterocycles. The molecule has 0 saturated heterocycles. The average Bonchev–Trinajstić information content (AvgIpc) is 3.13. The maximum Gasteiger partial charge on any atom is 6.00 e. The third kappa shape index (κ3) is 30.0. The summed E-state index contributed by atoms with van der Waals surface area (Å²) in [5.41, 5.74) is 0. The Morgan fingerprint density at radius 3 is 1.65 bits per heavy atom. The zero-order chi connectivity index (χ0) is 17.6. The normalized spacial score (nSPS) is 9.57. The van der Waals surface area contributed by atoms with Crippen molar-refractivity contribution in [1.82, 2.24) is 0 Å². The second kappa shape index (κ2) is 29.5. The van der Waals surface area contributed by atoms with Gasteiger partial charge in [-0.15, -0.1) is 0 Å². The number of rotatable bonds is 8. The average molecular weight is 378 g/mol. The van der Waals surface area contributed by atoms with Gasteiger partial charge in [-0.1, -0.05) is 50.6 Å². The van der Waals surface area contributed by atoms with Crippen molar-refractivity contribution in [3.8, 4) is 0 Å². The van der Waals surface area contributed by atoms with E-state index in [0.717, 1.165) is 38.5 Å². The fourth-order valence-electron chi connectivity index (χ4n) is 1.67. The quantitative estimate of drug-likeness (QED) is 0.301. The Labute approximate surface area is 154 Å². The molecule has 0 aliphatic rings. The van der Waals surface area contributed by atoms with E-state index >= 15 is 0 Å². The Kier molecular flexibility index (Phi) is 38.9. The van der Waals surface area contributed by atoms with Crippen molar-refractivity contribution in [2.24, 2.45) is 5.92 Å². The van der Waals surface area contributed by atoms with Crippen molar-refractivity contribution in [1.29, 1.82) is 0 Å². The summed E-state index contributed by atoms with van der Waals surface area (Å²) in [7, 11) is 0. The van der Waals surface area contributed by atoms with Crippen LogP contribution in [-0.2, 0) is 37.5 Å². The molecule has 6 heteroatoms. The predicted molar refractivity (Wildman–Crippen MR) is 81.6 cm³/mol. The maximum absolute atomic E-state index is 10.5. The molecule has 1 aromatic rings. The molecule has 4 nitrogen and oxygen atoms in total. The summed E-state index contributed by atoms with van der Waals surface area (Å²) in [5, 5.41) is 0. The van der Waals surface area contributed by atoms with Crippen molar-refractivity contribution in [2.45, 2.75) is 52.4 Å². The number of hydrogen-bond acceptors (Lipinski definition) is 2. The van der Waals surface area contributed by atoms with Crippen LogP contribution in [-0.4, -0.2) is 14.5 Å². The molecule has 0 fully saturated rings. The van der Waals surface area contributed by atoms with Crippen LogP contribution >= 0.6 is 0 Å². The fraction of sp³-hybridized carbons (Fsp3) is 0.588. The summed E-state index contributed by atoms with van der Waals surface area (Å²) >= 11 is -1.85. The van der Waals surface area contributed by atoms with Gasteiger partial charge in [0.2, 0.25) is 0 Å². The van der Waals surface area contributed by atoms with Crippen molar-refractivity contribution < 1.29 is 35.1 Å². The Balaban J connectivity index is -0.000000149. The summed E-state index contributed by atoms with van der Waals surface area (Å²) < 4.78 is 36.1. The first-order valence-electron chi connectivity index (χ1n) is 7.00. The molecule has 1 atom stereocenters. The molecule has 0 aliphatic heterocycles. The minimum absolute atomic E-state index is 0. The van der Waals surface area contributed by atoms with Crippen molar-refractivity contribution >= 4 is 11.1 Å². The van der Waals surface area contributed by atoms with Gasteiger partial charge in [-0.2, -0.15) is 0 Å². The van der Waals surface area contributed by atoms with E-state index in [1.54, 1.807) is 6.07 Å². The van der Waals surface area contributed by atoms with Crippen LogP contribution in [0.4, 0.5) is 0 Å². The molecular formula is C17H22FeO4S. The topological polar surface area (TPSA) is 79.9 Å². The second-order valence-corrected chi connectivity index (χ2v) is 5.24. The van der Waals surface area contributed by atoms with E-state index in [0.29, 0.717) is 11.7 Å². The van der Waals surface area contributed by atoms with E-state index < -0.39 is 11.1 Å². The van der Waals surface area contributed by atoms with Gasteiger partial charge in [-0.05, 0) is 18.8 Å². The molecule has 0 amide bonds. The minimum atomic E-state index is -1.85. The van der Waals surface area contributed by atoms with Crippen LogP contribution in [0.25, 0.3) is 0 Å². The predicted octanol–water partition coefficient (Wildman–Crippen LogP) is 3.39. The van der Waals surface area contributed by atoms with Crippen molar-refractivity contribution in [2.75, 3.05) is 5.75 Å². The first kappa shape index (κ1) is 30.4. The molecule has 0 saturated carbocycles. The van der Waals surface area contributed by atoms with E-state index in [4.69, 9.17) is 9.30 Å². The Morgan fingerprint density at radius 1 is 1.04 bits per heavy atom. The van der Waals surface area contributed by atoms with E-state index in [9.17, 15) is 8.76 Å². The molecule has 128 valence electrons. The molecule has 0 bridgehead atoms. The standard InChI is InChI=1S/C10H22O2S.C5H.2CO.Fe/c1-3-5-7-10(8-6-4-2)9-13(11)12;1-2-4-5-3-1;2*1-2;/h10H,3-9H2,1-2H3,(H,11,12);1H;;;/q;-5;;;+6/p-1. The first-order chi connectivity index (χ1) is 10.7. The maximum atomic E-state index is 10.5. The fourth-order valence-corrected chi connectivity index (χ4v) is 2.39. The van der Waals surface area contributed by atoms with Crippen LogP contribution in [0.3, 0.4) is 0 Å². The third-order valence-corrected chi connectivity index (χ3v) is 3.40. The molecule has 1 aromatic carbocycles. The van der Waals surface area contributed by atoms with Crippen LogP contribution < -0.4 is 0 Å². The summed E-state index contributed by atoms with van der Waals surface area (Å²) in [5.74, 6) is 0.762. The second-order valence-electron chi connectivity index (χ2n) is 4.30. The first-order valence-corrected chi connectivity index (χ1v) is 8.24. The largest absolute Gasteiger partial charge is 6.00 e. The van der Waals surface area contributed by atoms with Gasteiger partial charge in [0.25, 0.3) is 0 Å². The van der Waals surface area contributed by atoms with Crippen LogP contribution in [0.2, 0.25) is 0 Å². The van der Waals surface area contributed by atoms with Crippen molar-refractivity contribution in [3.63, 3.8) is 0 Å². The zero-order valence-electron chi connectivity index (χ0n) is 13.5. The van der Waals surface area contributed by atoms with Gasteiger partial charge < -0.3 is 34.9 Å². The van der Waals surface area contributed by atoms with Gasteiger partial charge in [0.1, 0.15) is 0 Å². The summed E-state index contributed by atoms with van der Waals surface area (Å²) in [4.78, 5) is 0. The molecule has 1 unspecified atom stereocenters. The molecule has 0 N–H and O–H groups in total. The molecule has 0 aromatic heterocycles. The Morgan fingerprint density at radius 2 is 1.43 bits per heavy atom. The van der Waals surface area contributed by atoms with Gasteiger partial charge >= 0.3 is 39.7 Å². The van der Waals surface area contributed by atoms with E-state index in [1.165, 1.54) is 0 Å². The summed E-state index contributed by atoms with van der Waals surface area (Å²) in [6.07, 6.45) is 6.79. The zero-order valence-corrected chi connectivity index (χ0v) is 15.4. The van der Waals surface area contributed by atoms with Gasteiger partial charge in [-0.3, -0.25) is 4.21 Å². The minimum Gasteiger partial charge on any atom is -0.999 e. The van der Waals surface area contributed by atoms with E-state index in [1.807, 2.05) is 0 Å². The van der Waals surface area contributed by atoms with Gasteiger partial charge in [0.15, 0.2) is 0 Å². The Bertz CT molecular complexity index is 319. The molecular weight excluding hydrogens is 356 g/mol. The third-order valence-electron chi connectivity index (χ3n) is 2.65. The SMILES string of the molecule is CCCCC(CCCC)CS(=O)[O-].[C-]#[O+].[C-]#[O+].[Fe+6].[c-]1[c-][c-][cH-][c-]1. The van der Waals surface area contributed by atoms with Gasteiger partial charge in [0.05, 0.1) is 0 Å². The number of hydrogen-bond donors (Lipinski definition) is 0. The van der Waals surface area contributed by atoms with Crippen LogP contribution in [0.15, 0.2) is 6.07 Å². The summed E-state index contributed by atoms with van der Waals surface area (Å²) in [6, 6.07) is 12.0. The van der Waals surface area contributed by atoms with Crippen molar-refractivity contribution in [3.05, 3.63) is 43.6 Å². The van der Waals surface area contributed by atoms with Crippen LogP contribution in [0.5, 0.6) is 0 Å². The molecule has 23 heavy (non-hydrogen) atoms. The summed E-state index contributed by atoms with van der Waals surface area (Å²) in [6.45, 7) is 13.3. The number of unbranched alkanes of at least 4 members (excludes halogenated alkanes) is 2. The molecule has 0 aliphatic carbocycles. The van der Waals surface area contributed by atoms with Crippen LogP contribution in [0, 0.1) is 43.5 Å². The van der Waals surface area contributed by atoms with E-state index in [-0.39, 0.29) is 17.1 Å². The van der Waals surface area contributed by atoms with Crippen LogP contribution in [0.1, 0.15) is 52.4 Å². The molecule has 0 radical (unpaired) electrons. The van der Waals surface area contributed by atoms with E-state index in [2.05, 4.69) is 51.4 Å². The smallest absolute Gasteiger partial charge is 0.999 e. The van der Waals surface area contributed by atoms with Gasteiger partial charge in [-0.25, -0.2) is 0 Å². The monoisotopic (exact) mass is 378 g/mol. The molecule has 0 spiro atoms. The Hall–Kier alpha value is -0.541. The molecule has 1 rings (SSSR count). The van der Waals surface area contributed by atoms with Gasteiger partial charge in [0, 0.05) is 5.75 Å².